The van der Waals surface area contributed by atoms with E-state index >= 15 is 0 Å². The molecule has 0 bridgehead atoms. The molecule has 2 atom stereocenters. The number of rotatable bonds is 6. The highest BCUT2D eigenvalue weighted by Crippen LogP contribution is 2.33. The van der Waals surface area contributed by atoms with Gasteiger partial charge in [0.05, 0.1) is 17.0 Å². The lowest BCUT2D eigenvalue weighted by atomic mass is 10.1. The van der Waals surface area contributed by atoms with Gasteiger partial charge < -0.3 is 10.8 Å². The fourth-order valence-electron chi connectivity index (χ4n) is 2.05. The van der Waals surface area contributed by atoms with Gasteiger partial charge in [0.15, 0.2) is 0 Å². The molecule has 0 spiro atoms. The number of hydrogen-bond acceptors (Lipinski definition) is 4. The highest BCUT2D eigenvalue weighted by molar-refractivity contribution is 7.16. The van der Waals surface area contributed by atoms with Crippen LogP contribution in [-0.2, 0) is 0 Å². The van der Waals surface area contributed by atoms with E-state index in [1.54, 1.807) is 11.3 Å². The van der Waals surface area contributed by atoms with Gasteiger partial charge in [-0.1, -0.05) is 11.6 Å². The van der Waals surface area contributed by atoms with Crippen LogP contribution in [0.2, 0.25) is 4.34 Å². The van der Waals surface area contributed by atoms with Crippen LogP contribution in [0.5, 0.6) is 0 Å². The first-order valence-corrected chi connectivity index (χ1v) is 7.04. The minimum Gasteiger partial charge on any atom is -0.395 e. The maximum absolute atomic E-state index is 9.16. The number of nitrogens with zero attached hydrogens (tertiary/aromatic N) is 1. The first-order valence-electron chi connectivity index (χ1n) is 5.84. The molecule has 0 saturated carbocycles. The number of aliphatic hydroxyl groups is 1. The maximum Gasteiger partial charge on any atom is 0.0931 e. The molecule has 98 valence electrons. The number of aliphatic hydroxyl groups excluding tert-OH is 1. The molecule has 0 aromatic carbocycles. The van der Waals surface area contributed by atoms with Crippen LogP contribution < -0.4 is 5.73 Å². The molecule has 0 radical (unpaired) electrons. The third-order valence-electron chi connectivity index (χ3n) is 2.76. The average Bonchev–Trinajstić information content (AvgIpc) is 2.63. The van der Waals surface area contributed by atoms with Gasteiger partial charge in [0.1, 0.15) is 0 Å². The summed E-state index contributed by atoms with van der Waals surface area (Å²) in [7, 11) is 0. The fraction of sp³-hybridized carbons (Fsp3) is 0.667. The van der Waals surface area contributed by atoms with Crippen LogP contribution in [0.3, 0.4) is 0 Å². The average molecular weight is 277 g/mol. The summed E-state index contributed by atoms with van der Waals surface area (Å²) in [5, 5.41) is 9.16. The normalized spacial score (nSPS) is 15.5. The van der Waals surface area contributed by atoms with Crippen molar-refractivity contribution >= 4 is 22.9 Å². The third-order valence-corrected chi connectivity index (χ3v) is 4.06. The standard InChI is InChI=1S/C12H21ClN2OS/c1-8(2)15(6-7-16)12(9(3)14)10-4-5-11(13)17-10/h4-5,8-9,12,16H,6-7,14H2,1-3H3. The summed E-state index contributed by atoms with van der Waals surface area (Å²) in [6.07, 6.45) is 0. The third kappa shape index (κ3) is 3.93. The summed E-state index contributed by atoms with van der Waals surface area (Å²) in [6.45, 7) is 6.98. The number of halogens is 1. The predicted molar refractivity (Wildman–Crippen MR) is 74.6 cm³/mol. The summed E-state index contributed by atoms with van der Waals surface area (Å²) >= 11 is 7.54. The Morgan fingerprint density at radius 2 is 2.06 bits per heavy atom. The minimum atomic E-state index is -0.00123. The van der Waals surface area contributed by atoms with Crippen LogP contribution >= 0.6 is 22.9 Å². The summed E-state index contributed by atoms with van der Waals surface area (Å²) in [4.78, 5) is 3.37. The zero-order valence-corrected chi connectivity index (χ0v) is 12.1. The number of thiophene rings is 1. The van der Waals surface area contributed by atoms with Gasteiger partial charge in [0, 0.05) is 23.5 Å². The van der Waals surface area contributed by atoms with E-state index in [9.17, 15) is 0 Å². The molecule has 3 N–H and O–H groups in total. The summed E-state index contributed by atoms with van der Waals surface area (Å²) in [6, 6.07) is 4.36. The van der Waals surface area contributed by atoms with Crippen molar-refractivity contribution in [3.05, 3.63) is 21.3 Å². The van der Waals surface area contributed by atoms with E-state index in [4.69, 9.17) is 22.4 Å². The Balaban J connectivity index is 2.98. The van der Waals surface area contributed by atoms with Crippen molar-refractivity contribution in [1.29, 1.82) is 0 Å². The van der Waals surface area contributed by atoms with Crippen LogP contribution in [0.1, 0.15) is 31.7 Å². The van der Waals surface area contributed by atoms with Gasteiger partial charge in [-0.15, -0.1) is 11.3 Å². The molecule has 0 fully saturated rings. The van der Waals surface area contributed by atoms with E-state index in [-0.39, 0.29) is 18.7 Å². The minimum absolute atomic E-state index is 0.00123. The largest absolute Gasteiger partial charge is 0.395 e. The maximum atomic E-state index is 9.16. The monoisotopic (exact) mass is 276 g/mol. The van der Waals surface area contributed by atoms with E-state index in [1.165, 1.54) is 0 Å². The highest BCUT2D eigenvalue weighted by atomic mass is 35.5. The van der Waals surface area contributed by atoms with Gasteiger partial charge in [0.25, 0.3) is 0 Å². The van der Waals surface area contributed by atoms with Gasteiger partial charge >= 0.3 is 0 Å². The van der Waals surface area contributed by atoms with Crippen molar-refractivity contribution < 1.29 is 5.11 Å². The van der Waals surface area contributed by atoms with Gasteiger partial charge in [-0.05, 0) is 32.9 Å². The molecule has 5 heteroatoms. The molecule has 2 unspecified atom stereocenters. The van der Waals surface area contributed by atoms with E-state index < -0.39 is 0 Å². The lowest BCUT2D eigenvalue weighted by Crippen LogP contribution is -2.44. The summed E-state index contributed by atoms with van der Waals surface area (Å²) in [5.74, 6) is 0. The van der Waals surface area contributed by atoms with Crippen LogP contribution in [0.4, 0.5) is 0 Å². The molecule has 0 aliphatic heterocycles. The predicted octanol–water partition coefficient (Wildman–Crippen LogP) is 2.49. The van der Waals surface area contributed by atoms with Gasteiger partial charge in [-0.2, -0.15) is 0 Å². The molecule has 0 saturated heterocycles. The van der Waals surface area contributed by atoms with E-state index in [1.807, 2.05) is 19.1 Å². The fourth-order valence-corrected chi connectivity index (χ4v) is 3.34. The van der Waals surface area contributed by atoms with E-state index in [2.05, 4.69) is 18.7 Å². The Bertz CT molecular complexity index is 341. The Morgan fingerprint density at radius 1 is 1.41 bits per heavy atom. The van der Waals surface area contributed by atoms with Crippen LogP contribution in [0, 0.1) is 0 Å². The Kier molecular flexibility index (Phi) is 5.89. The molecule has 0 aliphatic carbocycles. The van der Waals surface area contributed by atoms with E-state index in [0.29, 0.717) is 12.6 Å². The van der Waals surface area contributed by atoms with Gasteiger partial charge in [-0.25, -0.2) is 0 Å². The summed E-state index contributed by atoms with van der Waals surface area (Å²) < 4.78 is 0.776. The first kappa shape index (κ1) is 14.9. The van der Waals surface area contributed by atoms with Crippen molar-refractivity contribution in [1.82, 2.24) is 4.90 Å². The Labute approximate surface area is 112 Å². The van der Waals surface area contributed by atoms with Gasteiger partial charge in [0.2, 0.25) is 0 Å². The molecule has 1 rings (SSSR count). The van der Waals surface area contributed by atoms with Crippen molar-refractivity contribution in [2.24, 2.45) is 5.73 Å². The molecule has 0 aliphatic rings. The molecule has 1 heterocycles. The molecule has 0 amide bonds. The second kappa shape index (κ2) is 6.71. The van der Waals surface area contributed by atoms with Gasteiger partial charge in [-0.3, -0.25) is 4.90 Å². The number of hydrogen-bond donors (Lipinski definition) is 2. The topological polar surface area (TPSA) is 49.5 Å². The molecular weight excluding hydrogens is 256 g/mol. The lowest BCUT2D eigenvalue weighted by Gasteiger charge is -2.36. The Hall–Kier alpha value is -0.130. The number of nitrogens with two attached hydrogens (primary N) is 1. The molecular formula is C12H21ClN2OS. The smallest absolute Gasteiger partial charge is 0.0931 e. The quantitative estimate of drug-likeness (QED) is 0.839. The van der Waals surface area contributed by atoms with Crippen LogP contribution in [0.25, 0.3) is 0 Å². The second-order valence-corrected chi connectivity index (χ2v) is 6.25. The summed E-state index contributed by atoms with van der Waals surface area (Å²) in [5.41, 5.74) is 6.09. The van der Waals surface area contributed by atoms with Crippen LogP contribution in [0.15, 0.2) is 12.1 Å². The molecule has 1 aromatic rings. The zero-order chi connectivity index (χ0) is 13.0. The van der Waals surface area contributed by atoms with Crippen molar-refractivity contribution in [2.45, 2.75) is 38.9 Å². The molecule has 17 heavy (non-hydrogen) atoms. The first-order chi connectivity index (χ1) is 7.97. The Morgan fingerprint density at radius 3 is 2.41 bits per heavy atom. The van der Waals surface area contributed by atoms with Crippen molar-refractivity contribution in [3.63, 3.8) is 0 Å². The highest BCUT2D eigenvalue weighted by Gasteiger charge is 2.27. The van der Waals surface area contributed by atoms with E-state index in [0.717, 1.165) is 9.21 Å². The molecule has 3 nitrogen and oxygen atoms in total. The second-order valence-electron chi connectivity index (χ2n) is 4.50. The zero-order valence-electron chi connectivity index (χ0n) is 10.6. The molecule has 1 aromatic heterocycles. The van der Waals surface area contributed by atoms with Crippen molar-refractivity contribution in [2.75, 3.05) is 13.2 Å². The lowest BCUT2D eigenvalue weighted by molar-refractivity contribution is 0.107. The van der Waals surface area contributed by atoms with Crippen molar-refractivity contribution in [3.8, 4) is 0 Å². The van der Waals surface area contributed by atoms with Crippen LogP contribution in [-0.4, -0.2) is 35.2 Å². The SMILES string of the molecule is CC(N)C(c1ccc(Cl)s1)N(CCO)C(C)C.